The zero-order valence-electron chi connectivity index (χ0n) is 15.6. The molecule has 27 heavy (non-hydrogen) atoms. The molecule has 1 aromatic heterocycles. The molecule has 0 spiro atoms. The van der Waals surface area contributed by atoms with Crippen LogP contribution < -0.4 is 15.5 Å². The van der Waals surface area contributed by atoms with Crippen LogP contribution >= 0.6 is 23.7 Å². The summed E-state index contributed by atoms with van der Waals surface area (Å²) >= 11 is 1.60. The van der Waals surface area contributed by atoms with Gasteiger partial charge in [-0.3, -0.25) is 9.59 Å². The number of hydrogen-bond acceptors (Lipinski definition) is 4. The minimum atomic E-state index is -0.256. The lowest BCUT2D eigenvalue weighted by Crippen LogP contribution is -2.48. The van der Waals surface area contributed by atoms with Crippen molar-refractivity contribution in [3.8, 4) is 0 Å². The Morgan fingerprint density at radius 3 is 2.59 bits per heavy atom. The van der Waals surface area contributed by atoms with Crippen LogP contribution in [0, 0.1) is 12.8 Å². The topological polar surface area (TPSA) is 61.4 Å². The second kappa shape index (κ2) is 9.88. The number of carbonyl (C=O) groups is 2. The maximum Gasteiger partial charge on any atom is 0.227 e. The van der Waals surface area contributed by atoms with E-state index in [4.69, 9.17) is 0 Å². The van der Waals surface area contributed by atoms with Crippen LogP contribution in [-0.4, -0.2) is 32.0 Å². The van der Waals surface area contributed by atoms with Crippen molar-refractivity contribution in [2.45, 2.75) is 25.8 Å². The first-order valence-corrected chi connectivity index (χ1v) is 9.84. The fourth-order valence-electron chi connectivity index (χ4n) is 3.40. The Labute approximate surface area is 170 Å². The maximum absolute atomic E-state index is 12.8. The molecular formula is C20H26ClN3O2S. The van der Waals surface area contributed by atoms with Crippen molar-refractivity contribution in [2.24, 2.45) is 5.92 Å². The highest BCUT2D eigenvalue weighted by atomic mass is 35.5. The molecule has 5 nitrogen and oxygen atoms in total. The Balaban J connectivity index is 0.00000261. The molecule has 2 unspecified atom stereocenters. The van der Waals surface area contributed by atoms with Crippen LogP contribution in [0.25, 0.3) is 0 Å². The number of aryl methyl sites for hydroxylation is 1. The summed E-state index contributed by atoms with van der Waals surface area (Å²) in [7, 11) is 1.86. The van der Waals surface area contributed by atoms with Crippen molar-refractivity contribution >= 4 is 41.2 Å². The van der Waals surface area contributed by atoms with E-state index in [9.17, 15) is 9.59 Å². The lowest BCUT2D eigenvalue weighted by Gasteiger charge is -2.40. The lowest BCUT2D eigenvalue weighted by molar-refractivity contribution is -0.129. The average molecular weight is 408 g/mol. The molecule has 2 aromatic rings. The zero-order chi connectivity index (χ0) is 18.5. The van der Waals surface area contributed by atoms with Crippen LogP contribution in [0.15, 0.2) is 41.8 Å². The lowest BCUT2D eigenvalue weighted by atomic mass is 9.86. The second-order valence-corrected chi connectivity index (χ2v) is 7.58. The van der Waals surface area contributed by atoms with E-state index < -0.39 is 0 Å². The van der Waals surface area contributed by atoms with Gasteiger partial charge in [-0.1, -0.05) is 23.8 Å². The van der Waals surface area contributed by atoms with E-state index in [2.05, 4.69) is 10.6 Å². The van der Waals surface area contributed by atoms with Gasteiger partial charge in [0.05, 0.1) is 12.0 Å². The molecule has 2 N–H and O–H groups in total. The van der Waals surface area contributed by atoms with E-state index in [1.165, 1.54) is 0 Å². The van der Waals surface area contributed by atoms with Gasteiger partial charge in [0.2, 0.25) is 11.8 Å². The molecule has 0 bridgehead atoms. The molecule has 2 amide bonds. The Morgan fingerprint density at radius 1 is 1.22 bits per heavy atom. The normalized spacial score (nSPS) is 19.5. The first-order chi connectivity index (χ1) is 12.6. The molecule has 2 atom stereocenters. The Morgan fingerprint density at radius 2 is 1.96 bits per heavy atom. The summed E-state index contributed by atoms with van der Waals surface area (Å²) in [6.07, 6.45) is 0.967. The number of benzene rings is 1. The summed E-state index contributed by atoms with van der Waals surface area (Å²) in [5, 5.41) is 8.04. The average Bonchev–Trinajstić information content (AvgIpc) is 3.17. The fraction of sp³-hybridized carbons (Fsp3) is 0.400. The molecule has 0 radical (unpaired) electrons. The third-order valence-corrected chi connectivity index (χ3v) is 5.70. The molecule has 7 heteroatoms. The van der Waals surface area contributed by atoms with Crippen molar-refractivity contribution in [3.63, 3.8) is 0 Å². The van der Waals surface area contributed by atoms with Gasteiger partial charge in [0.15, 0.2) is 0 Å². The van der Waals surface area contributed by atoms with E-state index in [0.29, 0.717) is 19.4 Å². The van der Waals surface area contributed by atoms with Crippen LogP contribution in [0.3, 0.4) is 0 Å². The highest BCUT2D eigenvalue weighted by Crippen LogP contribution is 2.41. The standard InChI is InChI=1S/C20H25N3O2S.ClH/c1-14-5-7-15(8-6-14)23-18(24)10-9-16(20(25)22-12-11-21-2)19(23)17-4-3-13-26-17;/h3-8,13,16,19,21H,9-12H2,1-2H3,(H,22,25);1H. The number of nitrogens with zero attached hydrogens (tertiary/aromatic N) is 1. The predicted molar refractivity (Wildman–Crippen MR) is 113 cm³/mol. The van der Waals surface area contributed by atoms with E-state index in [1.807, 2.05) is 60.6 Å². The zero-order valence-corrected chi connectivity index (χ0v) is 17.2. The molecule has 1 saturated heterocycles. The predicted octanol–water partition coefficient (Wildman–Crippen LogP) is 3.30. The van der Waals surface area contributed by atoms with Gasteiger partial charge in [-0.2, -0.15) is 0 Å². The molecule has 0 aliphatic carbocycles. The monoisotopic (exact) mass is 407 g/mol. The van der Waals surface area contributed by atoms with Crippen molar-refractivity contribution in [1.82, 2.24) is 10.6 Å². The fourth-order valence-corrected chi connectivity index (χ4v) is 4.28. The molecule has 1 aliphatic heterocycles. The van der Waals surface area contributed by atoms with Gasteiger partial charge in [0.25, 0.3) is 0 Å². The Hall–Kier alpha value is -1.89. The summed E-state index contributed by atoms with van der Waals surface area (Å²) in [5.74, 6) is -0.153. The molecule has 1 aliphatic rings. The third-order valence-electron chi connectivity index (χ3n) is 4.76. The quantitative estimate of drug-likeness (QED) is 0.722. The second-order valence-electron chi connectivity index (χ2n) is 6.60. The van der Waals surface area contributed by atoms with E-state index in [1.54, 1.807) is 11.3 Å². The van der Waals surface area contributed by atoms with Crippen molar-refractivity contribution in [2.75, 3.05) is 25.0 Å². The van der Waals surface area contributed by atoms with Gasteiger partial charge in [-0.15, -0.1) is 23.7 Å². The smallest absolute Gasteiger partial charge is 0.227 e. The molecule has 1 aromatic carbocycles. The first-order valence-electron chi connectivity index (χ1n) is 8.96. The van der Waals surface area contributed by atoms with Crippen LogP contribution in [0.1, 0.15) is 29.3 Å². The van der Waals surface area contributed by atoms with Gasteiger partial charge in [0.1, 0.15) is 0 Å². The van der Waals surface area contributed by atoms with Gasteiger partial charge in [0, 0.05) is 30.1 Å². The summed E-state index contributed by atoms with van der Waals surface area (Å²) in [6.45, 7) is 3.33. The number of nitrogens with one attached hydrogen (secondary N) is 2. The van der Waals surface area contributed by atoms with Crippen molar-refractivity contribution in [3.05, 3.63) is 52.2 Å². The number of carbonyl (C=O) groups excluding carboxylic acids is 2. The number of thiophene rings is 1. The van der Waals surface area contributed by atoms with Gasteiger partial charge in [-0.05, 0) is 44.0 Å². The molecular weight excluding hydrogens is 382 g/mol. The Kier molecular flexibility index (Phi) is 7.83. The van der Waals surface area contributed by atoms with Crippen molar-refractivity contribution in [1.29, 1.82) is 0 Å². The molecule has 1 fully saturated rings. The molecule has 146 valence electrons. The number of halogens is 1. The minimum Gasteiger partial charge on any atom is -0.355 e. The summed E-state index contributed by atoms with van der Waals surface area (Å²) in [5.41, 5.74) is 2.00. The number of amides is 2. The SMILES string of the molecule is CNCCNC(=O)C1CCC(=O)N(c2ccc(C)cc2)C1c1cccs1.Cl. The molecule has 3 rings (SSSR count). The summed E-state index contributed by atoms with van der Waals surface area (Å²) in [6, 6.07) is 11.7. The van der Waals surface area contributed by atoms with Crippen LogP contribution in [0.2, 0.25) is 0 Å². The first kappa shape index (κ1) is 21.4. The van der Waals surface area contributed by atoms with Gasteiger partial charge < -0.3 is 15.5 Å². The molecule has 2 heterocycles. The van der Waals surface area contributed by atoms with E-state index >= 15 is 0 Å². The maximum atomic E-state index is 12.8. The van der Waals surface area contributed by atoms with E-state index in [-0.39, 0.29) is 36.2 Å². The van der Waals surface area contributed by atoms with Crippen LogP contribution in [0.5, 0.6) is 0 Å². The van der Waals surface area contributed by atoms with Crippen molar-refractivity contribution < 1.29 is 9.59 Å². The van der Waals surface area contributed by atoms with Crippen LogP contribution in [-0.2, 0) is 9.59 Å². The molecule has 0 saturated carbocycles. The van der Waals surface area contributed by atoms with Gasteiger partial charge in [-0.25, -0.2) is 0 Å². The minimum absolute atomic E-state index is 0. The van der Waals surface area contributed by atoms with E-state index in [0.717, 1.165) is 22.7 Å². The summed E-state index contributed by atoms with van der Waals surface area (Å²) < 4.78 is 0. The number of rotatable bonds is 6. The Bertz CT molecular complexity index is 749. The third kappa shape index (κ3) is 4.89. The highest BCUT2D eigenvalue weighted by Gasteiger charge is 2.41. The number of piperidine rings is 1. The largest absolute Gasteiger partial charge is 0.355 e. The summed E-state index contributed by atoms with van der Waals surface area (Å²) in [4.78, 5) is 28.5. The van der Waals surface area contributed by atoms with Gasteiger partial charge >= 0.3 is 0 Å². The number of likely N-dealkylation sites (N-methyl/N-ethyl adjacent to an activating group) is 1. The van der Waals surface area contributed by atoms with Crippen LogP contribution in [0.4, 0.5) is 5.69 Å². The highest BCUT2D eigenvalue weighted by molar-refractivity contribution is 7.10. The number of hydrogen-bond donors (Lipinski definition) is 2. The number of anilines is 1.